The van der Waals surface area contributed by atoms with Crippen molar-refractivity contribution in [3.63, 3.8) is 0 Å². The van der Waals surface area contributed by atoms with Crippen molar-refractivity contribution in [2.24, 2.45) is 0 Å². The zero-order chi connectivity index (χ0) is 22.7. The van der Waals surface area contributed by atoms with Gasteiger partial charge in [0, 0.05) is 31.7 Å². The Bertz CT molecular complexity index is 948. The fraction of sp³-hybridized carbons (Fsp3) is 0.357. The number of likely N-dealkylation sites (tertiary alicyclic amines) is 1. The van der Waals surface area contributed by atoms with Crippen LogP contribution in [0.25, 0.3) is 0 Å². The van der Waals surface area contributed by atoms with E-state index in [1.54, 1.807) is 6.20 Å². The van der Waals surface area contributed by atoms with E-state index in [-0.39, 0.29) is 11.8 Å². The quantitative estimate of drug-likeness (QED) is 0.467. The highest BCUT2D eigenvalue weighted by Crippen LogP contribution is 2.27. The predicted octanol–water partition coefficient (Wildman–Crippen LogP) is 4.93. The molecule has 0 radical (unpaired) electrons. The van der Waals surface area contributed by atoms with Crippen molar-refractivity contribution < 1.29 is 4.79 Å². The molecule has 1 aromatic heterocycles. The second-order valence-electron chi connectivity index (χ2n) is 8.65. The van der Waals surface area contributed by atoms with Crippen molar-refractivity contribution in [3.8, 4) is 0 Å². The number of anilines is 1. The molecule has 0 unspecified atom stereocenters. The third kappa shape index (κ3) is 6.65. The molecule has 5 heteroatoms. The van der Waals surface area contributed by atoms with Crippen LogP contribution in [-0.2, 0) is 0 Å². The van der Waals surface area contributed by atoms with Gasteiger partial charge in [0.05, 0.1) is 5.56 Å². The summed E-state index contributed by atoms with van der Waals surface area (Å²) >= 11 is 0. The lowest BCUT2D eigenvalue weighted by atomic mass is 9.88. The maximum Gasteiger partial charge on any atom is 0.255 e. The summed E-state index contributed by atoms with van der Waals surface area (Å²) in [4.78, 5) is 19.9. The van der Waals surface area contributed by atoms with Crippen molar-refractivity contribution in [1.82, 2.24) is 15.2 Å². The number of piperidine rings is 1. The second-order valence-corrected chi connectivity index (χ2v) is 8.65. The lowest BCUT2D eigenvalue weighted by molar-refractivity contribution is 0.0953. The number of carbonyl (C=O) groups excluding carboxylic acids is 1. The molecule has 2 N–H and O–H groups in total. The zero-order valence-electron chi connectivity index (χ0n) is 19.2. The number of pyridine rings is 1. The maximum absolute atomic E-state index is 13.0. The highest BCUT2D eigenvalue weighted by molar-refractivity contribution is 5.98. The summed E-state index contributed by atoms with van der Waals surface area (Å²) in [5, 5.41) is 6.50. The molecule has 1 aliphatic rings. The molecule has 0 saturated carbocycles. The van der Waals surface area contributed by atoms with Crippen molar-refractivity contribution >= 4 is 11.7 Å². The van der Waals surface area contributed by atoms with E-state index in [1.165, 1.54) is 43.5 Å². The summed E-state index contributed by atoms with van der Waals surface area (Å²) in [6.07, 6.45) is 6.47. The molecule has 3 aromatic rings. The molecule has 172 valence electrons. The van der Waals surface area contributed by atoms with Crippen molar-refractivity contribution in [1.29, 1.82) is 0 Å². The molecule has 2 aromatic carbocycles. The first-order chi connectivity index (χ1) is 16.3. The van der Waals surface area contributed by atoms with Crippen LogP contribution in [-0.4, -0.2) is 48.5 Å². The molecule has 1 amide bonds. The molecule has 0 aliphatic carbocycles. The number of nitrogens with zero attached hydrogens (tertiary/aromatic N) is 2. The van der Waals surface area contributed by atoms with Gasteiger partial charge < -0.3 is 15.5 Å². The van der Waals surface area contributed by atoms with E-state index >= 15 is 0 Å². The number of rotatable bonds is 10. The number of carbonyl (C=O) groups is 1. The molecule has 0 atom stereocenters. The Morgan fingerprint density at radius 3 is 2.18 bits per heavy atom. The van der Waals surface area contributed by atoms with Crippen molar-refractivity contribution in [3.05, 3.63) is 95.7 Å². The molecule has 0 spiro atoms. The van der Waals surface area contributed by atoms with Crippen LogP contribution >= 0.6 is 0 Å². The summed E-state index contributed by atoms with van der Waals surface area (Å²) in [7, 11) is 0. The van der Waals surface area contributed by atoms with Crippen LogP contribution in [0, 0.1) is 0 Å². The first-order valence-electron chi connectivity index (χ1n) is 12.1. The van der Waals surface area contributed by atoms with Gasteiger partial charge in [-0.05, 0) is 55.6 Å². The Morgan fingerprint density at radius 1 is 0.848 bits per heavy atom. The molecule has 4 rings (SSSR count). The summed E-state index contributed by atoms with van der Waals surface area (Å²) < 4.78 is 0. The van der Waals surface area contributed by atoms with Gasteiger partial charge in [-0.2, -0.15) is 0 Å². The molecule has 1 saturated heterocycles. The Hall–Kier alpha value is -3.18. The molecule has 2 heterocycles. The highest BCUT2D eigenvalue weighted by atomic mass is 16.1. The zero-order valence-corrected chi connectivity index (χ0v) is 19.2. The average molecular weight is 443 g/mol. The smallest absolute Gasteiger partial charge is 0.255 e. The standard InChI is InChI=1S/C28H34N4O/c33-28(26-15-10-17-29-27(26)30-19-22-32-20-8-3-9-21-32)31-18-16-25(23-11-4-1-5-12-23)24-13-6-2-7-14-24/h1-2,4-7,10-15,17,25H,3,8-9,16,18-22H2,(H,29,30)(H,31,33). The minimum Gasteiger partial charge on any atom is -0.368 e. The van der Waals surface area contributed by atoms with Crippen LogP contribution in [0.2, 0.25) is 0 Å². The minimum absolute atomic E-state index is 0.0801. The minimum atomic E-state index is -0.0801. The lowest BCUT2D eigenvalue weighted by Crippen LogP contribution is -2.34. The Morgan fingerprint density at radius 2 is 1.52 bits per heavy atom. The van der Waals surface area contributed by atoms with Gasteiger partial charge in [-0.1, -0.05) is 67.1 Å². The van der Waals surface area contributed by atoms with Gasteiger partial charge in [0.2, 0.25) is 0 Å². The molecule has 33 heavy (non-hydrogen) atoms. The molecule has 0 bridgehead atoms. The van der Waals surface area contributed by atoms with Crippen molar-refractivity contribution in [2.75, 3.05) is 38.0 Å². The van der Waals surface area contributed by atoms with Gasteiger partial charge >= 0.3 is 0 Å². The molecule has 1 aliphatic heterocycles. The van der Waals surface area contributed by atoms with Crippen LogP contribution in [0.5, 0.6) is 0 Å². The van der Waals surface area contributed by atoms with E-state index in [9.17, 15) is 4.79 Å². The average Bonchev–Trinajstić information content (AvgIpc) is 2.88. The Kier molecular flexibility index (Phi) is 8.48. The van der Waals surface area contributed by atoms with Crippen LogP contribution in [0.1, 0.15) is 53.1 Å². The Balaban J connectivity index is 1.34. The van der Waals surface area contributed by atoms with E-state index in [0.717, 1.165) is 19.5 Å². The highest BCUT2D eigenvalue weighted by Gasteiger charge is 2.16. The van der Waals surface area contributed by atoms with Crippen LogP contribution in [0.4, 0.5) is 5.82 Å². The number of hydrogen-bond acceptors (Lipinski definition) is 4. The first-order valence-corrected chi connectivity index (χ1v) is 12.1. The number of hydrogen-bond donors (Lipinski definition) is 2. The number of amides is 1. The van der Waals surface area contributed by atoms with Crippen LogP contribution < -0.4 is 10.6 Å². The van der Waals surface area contributed by atoms with Gasteiger partial charge in [0.15, 0.2) is 0 Å². The third-order valence-electron chi connectivity index (χ3n) is 6.34. The topological polar surface area (TPSA) is 57.3 Å². The summed E-state index contributed by atoms with van der Waals surface area (Å²) in [6.45, 7) is 4.70. The van der Waals surface area contributed by atoms with E-state index in [2.05, 4.69) is 69.0 Å². The van der Waals surface area contributed by atoms with Crippen LogP contribution in [0.3, 0.4) is 0 Å². The first kappa shape index (κ1) is 23.0. The SMILES string of the molecule is O=C(NCCC(c1ccccc1)c1ccccc1)c1cccnc1NCCN1CCCCC1. The van der Waals surface area contributed by atoms with Gasteiger partial charge in [-0.15, -0.1) is 0 Å². The molecular weight excluding hydrogens is 408 g/mol. The third-order valence-corrected chi connectivity index (χ3v) is 6.34. The monoisotopic (exact) mass is 442 g/mol. The van der Waals surface area contributed by atoms with Gasteiger partial charge in [0.25, 0.3) is 5.91 Å². The fourth-order valence-corrected chi connectivity index (χ4v) is 4.57. The summed E-state index contributed by atoms with van der Waals surface area (Å²) in [6, 6.07) is 24.7. The molecule has 1 fully saturated rings. The van der Waals surface area contributed by atoms with Gasteiger partial charge in [0.1, 0.15) is 5.82 Å². The summed E-state index contributed by atoms with van der Waals surface area (Å²) in [5.74, 6) is 0.821. The lowest BCUT2D eigenvalue weighted by Gasteiger charge is -2.26. The molecule has 5 nitrogen and oxygen atoms in total. The van der Waals surface area contributed by atoms with E-state index in [4.69, 9.17) is 0 Å². The number of aromatic nitrogens is 1. The largest absolute Gasteiger partial charge is 0.368 e. The van der Waals surface area contributed by atoms with E-state index < -0.39 is 0 Å². The maximum atomic E-state index is 13.0. The van der Waals surface area contributed by atoms with Crippen LogP contribution in [0.15, 0.2) is 79.0 Å². The molecular formula is C28H34N4O. The fourth-order valence-electron chi connectivity index (χ4n) is 4.57. The van der Waals surface area contributed by atoms with Crippen molar-refractivity contribution in [2.45, 2.75) is 31.6 Å². The summed E-state index contributed by atoms with van der Waals surface area (Å²) in [5.41, 5.74) is 3.13. The van der Waals surface area contributed by atoms with Gasteiger partial charge in [-0.3, -0.25) is 4.79 Å². The van der Waals surface area contributed by atoms with E-state index in [0.29, 0.717) is 17.9 Å². The second kappa shape index (κ2) is 12.2. The number of benzene rings is 2. The van der Waals surface area contributed by atoms with E-state index in [1.807, 2.05) is 24.3 Å². The normalized spacial score (nSPS) is 14.2. The predicted molar refractivity (Wildman–Crippen MR) is 135 cm³/mol. The Labute approximate surface area is 197 Å². The van der Waals surface area contributed by atoms with Gasteiger partial charge in [-0.25, -0.2) is 4.98 Å². The number of nitrogens with one attached hydrogen (secondary N) is 2.